The largest absolute Gasteiger partial charge is 0.362 e. The van der Waals surface area contributed by atoms with E-state index in [1.54, 1.807) is 0 Å². The van der Waals surface area contributed by atoms with Crippen molar-refractivity contribution in [3.05, 3.63) is 40.8 Å². The molecule has 3 N–H and O–H groups in total. The lowest BCUT2D eigenvalue weighted by atomic mass is 10.2. The lowest BCUT2D eigenvalue weighted by molar-refractivity contribution is 0.941. The lowest BCUT2D eigenvalue weighted by Gasteiger charge is -1.97. The maximum atomic E-state index is 10.9. The molecule has 0 amide bonds. The molecule has 1 aromatic heterocycles. The molecular formula is C8H8N4O. The van der Waals surface area contributed by atoms with Gasteiger partial charge in [0.1, 0.15) is 0 Å². The first-order chi connectivity index (χ1) is 6.29. The number of nitrogens with two attached hydrogens (primary N) is 1. The average molecular weight is 176 g/mol. The van der Waals surface area contributed by atoms with E-state index in [2.05, 4.69) is 10.2 Å². The van der Waals surface area contributed by atoms with Crippen LogP contribution in [0.25, 0.3) is 11.4 Å². The van der Waals surface area contributed by atoms with Crippen LogP contribution in [-0.2, 0) is 0 Å². The summed E-state index contributed by atoms with van der Waals surface area (Å²) >= 11 is 0. The number of benzene rings is 1. The third-order valence-corrected chi connectivity index (χ3v) is 1.74. The first kappa shape index (κ1) is 7.60. The number of nitrogens with zero attached hydrogens (tertiary/aromatic N) is 2. The predicted octanol–water partition coefficient (Wildman–Crippen LogP) is -0.0478. The van der Waals surface area contributed by atoms with Gasteiger partial charge in [0, 0.05) is 5.56 Å². The molecule has 1 heterocycles. The third-order valence-electron chi connectivity index (χ3n) is 1.74. The highest BCUT2D eigenvalue weighted by molar-refractivity contribution is 5.54. The minimum atomic E-state index is -0.418. The predicted molar refractivity (Wildman–Crippen MR) is 48.4 cm³/mol. The summed E-state index contributed by atoms with van der Waals surface area (Å²) in [5.41, 5.74) is 0.391. The number of H-pyrrole nitrogens is 1. The zero-order valence-corrected chi connectivity index (χ0v) is 6.77. The number of rotatable bonds is 1. The summed E-state index contributed by atoms with van der Waals surface area (Å²) in [6, 6.07) is 9.26. The van der Waals surface area contributed by atoms with Crippen LogP contribution in [0.1, 0.15) is 0 Å². The first-order valence-corrected chi connectivity index (χ1v) is 3.77. The second-order valence-electron chi connectivity index (χ2n) is 2.59. The molecule has 2 rings (SSSR count). The van der Waals surface area contributed by atoms with Crippen molar-refractivity contribution in [2.24, 2.45) is 0 Å². The quantitative estimate of drug-likeness (QED) is 0.598. The highest BCUT2D eigenvalue weighted by Gasteiger charge is 2.05. The molecule has 5 heteroatoms. The van der Waals surface area contributed by atoms with Crippen LogP contribution in [0, 0.1) is 0 Å². The van der Waals surface area contributed by atoms with Crippen molar-refractivity contribution >= 4 is 0 Å². The number of hydrogen-bond acceptors (Lipinski definition) is 3. The van der Waals surface area contributed by atoms with Crippen molar-refractivity contribution in [2.45, 2.75) is 0 Å². The molecular weight excluding hydrogens is 168 g/mol. The summed E-state index contributed by atoms with van der Waals surface area (Å²) in [6.07, 6.45) is 0. The average Bonchev–Trinajstić information content (AvgIpc) is 2.49. The van der Waals surface area contributed by atoms with Gasteiger partial charge in [0.15, 0.2) is 5.82 Å². The Morgan fingerprint density at radius 3 is 2.54 bits per heavy atom. The minimum Gasteiger partial charge on any atom is -0.333 e. The number of aromatic amines is 1. The van der Waals surface area contributed by atoms with E-state index < -0.39 is 5.69 Å². The maximum Gasteiger partial charge on any atom is 0.362 e. The summed E-state index contributed by atoms with van der Waals surface area (Å²) in [4.78, 5) is 10.9. The number of nitrogens with one attached hydrogen (secondary N) is 1. The summed E-state index contributed by atoms with van der Waals surface area (Å²) in [7, 11) is 0. The Hall–Kier alpha value is -2.04. The summed E-state index contributed by atoms with van der Waals surface area (Å²) < 4.78 is 0.981. The normalized spacial score (nSPS) is 10.2. The fourth-order valence-corrected chi connectivity index (χ4v) is 1.10. The molecule has 0 unspecified atom stereocenters. The van der Waals surface area contributed by atoms with Gasteiger partial charge in [0.05, 0.1) is 0 Å². The van der Waals surface area contributed by atoms with E-state index >= 15 is 0 Å². The minimum absolute atomic E-state index is 0.418. The molecule has 0 atom stereocenters. The third kappa shape index (κ3) is 1.20. The molecule has 0 spiro atoms. The van der Waals surface area contributed by atoms with Crippen molar-refractivity contribution in [1.82, 2.24) is 14.9 Å². The van der Waals surface area contributed by atoms with E-state index in [4.69, 9.17) is 5.84 Å². The molecule has 66 valence electrons. The van der Waals surface area contributed by atoms with Gasteiger partial charge in [0.25, 0.3) is 0 Å². The van der Waals surface area contributed by atoms with Crippen molar-refractivity contribution in [3.63, 3.8) is 0 Å². The SMILES string of the molecule is Nn1c(-c2ccccc2)n[nH]c1=O. The van der Waals surface area contributed by atoms with Gasteiger partial charge in [-0.2, -0.15) is 9.77 Å². The van der Waals surface area contributed by atoms with E-state index in [9.17, 15) is 4.79 Å². The molecule has 0 aliphatic carbocycles. The molecule has 5 nitrogen and oxygen atoms in total. The number of nitrogen functional groups attached to an aromatic ring is 1. The summed E-state index contributed by atoms with van der Waals surface area (Å²) in [5, 5.41) is 6.05. The van der Waals surface area contributed by atoms with Crippen LogP contribution in [0.15, 0.2) is 35.1 Å². The monoisotopic (exact) mass is 176 g/mol. The molecule has 0 bridgehead atoms. The molecule has 0 aliphatic heterocycles. The molecule has 0 saturated carbocycles. The fraction of sp³-hybridized carbons (Fsp3) is 0. The van der Waals surface area contributed by atoms with Crippen LogP contribution >= 0.6 is 0 Å². The van der Waals surface area contributed by atoms with Gasteiger partial charge in [-0.05, 0) is 0 Å². The highest BCUT2D eigenvalue weighted by atomic mass is 16.2. The zero-order chi connectivity index (χ0) is 9.26. The van der Waals surface area contributed by atoms with E-state index in [0.717, 1.165) is 10.2 Å². The van der Waals surface area contributed by atoms with Gasteiger partial charge in [-0.15, -0.1) is 0 Å². The Labute approximate surface area is 73.8 Å². The second kappa shape index (κ2) is 2.78. The molecule has 1 aromatic carbocycles. The number of aromatic nitrogens is 3. The second-order valence-corrected chi connectivity index (χ2v) is 2.59. The molecule has 2 aromatic rings. The van der Waals surface area contributed by atoms with Crippen LogP contribution in [-0.4, -0.2) is 14.9 Å². The Morgan fingerprint density at radius 1 is 1.31 bits per heavy atom. The van der Waals surface area contributed by atoms with Crippen LogP contribution in [0.3, 0.4) is 0 Å². The van der Waals surface area contributed by atoms with Crippen LogP contribution < -0.4 is 11.5 Å². The van der Waals surface area contributed by atoms with Gasteiger partial charge in [0.2, 0.25) is 0 Å². The fourth-order valence-electron chi connectivity index (χ4n) is 1.10. The van der Waals surface area contributed by atoms with Crippen molar-refractivity contribution in [3.8, 4) is 11.4 Å². The van der Waals surface area contributed by atoms with Crippen molar-refractivity contribution in [1.29, 1.82) is 0 Å². The van der Waals surface area contributed by atoms with E-state index in [0.29, 0.717) is 5.82 Å². The Kier molecular flexibility index (Phi) is 1.63. The van der Waals surface area contributed by atoms with Gasteiger partial charge in [-0.1, -0.05) is 30.3 Å². The molecule has 0 radical (unpaired) electrons. The number of hydrogen-bond donors (Lipinski definition) is 2. The van der Waals surface area contributed by atoms with Crippen LogP contribution in [0.5, 0.6) is 0 Å². The van der Waals surface area contributed by atoms with E-state index in [1.165, 1.54) is 0 Å². The van der Waals surface area contributed by atoms with Gasteiger partial charge in [-0.3, -0.25) is 0 Å². The molecule has 0 saturated heterocycles. The van der Waals surface area contributed by atoms with Gasteiger partial charge >= 0.3 is 5.69 Å². The molecule has 0 aliphatic rings. The topological polar surface area (TPSA) is 76.7 Å². The Morgan fingerprint density at radius 2 is 2.00 bits per heavy atom. The van der Waals surface area contributed by atoms with Gasteiger partial charge < -0.3 is 5.84 Å². The van der Waals surface area contributed by atoms with Crippen molar-refractivity contribution in [2.75, 3.05) is 5.84 Å². The van der Waals surface area contributed by atoms with Crippen LogP contribution in [0.2, 0.25) is 0 Å². The highest BCUT2D eigenvalue weighted by Crippen LogP contribution is 2.11. The van der Waals surface area contributed by atoms with Crippen molar-refractivity contribution < 1.29 is 0 Å². The zero-order valence-electron chi connectivity index (χ0n) is 6.77. The Balaban J connectivity index is 2.60. The first-order valence-electron chi connectivity index (χ1n) is 3.77. The summed E-state index contributed by atoms with van der Waals surface area (Å²) in [6.45, 7) is 0. The standard InChI is InChI=1S/C8H8N4O/c9-12-7(10-11-8(12)13)6-4-2-1-3-5-6/h1-5H,9H2,(H,11,13). The smallest absolute Gasteiger partial charge is 0.333 e. The van der Waals surface area contributed by atoms with E-state index in [-0.39, 0.29) is 0 Å². The van der Waals surface area contributed by atoms with E-state index in [1.807, 2.05) is 30.3 Å². The van der Waals surface area contributed by atoms with Crippen LogP contribution in [0.4, 0.5) is 0 Å². The Bertz CT molecular complexity index is 456. The van der Waals surface area contributed by atoms with Gasteiger partial charge in [-0.25, -0.2) is 9.89 Å². The molecule has 0 fully saturated rings. The lowest BCUT2D eigenvalue weighted by Crippen LogP contribution is -2.24. The maximum absolute atomic E-state index is 10.9. The summed E-state index contributed by atoms with van der Waals surface area (Å²) in [5.74, 6) is 5.88. The molecule has 13 heavy (non-hydrogen) atoms.